The molecule has 0 aromatic rings. The Balaban J connectivity index is 5.87. The van der Waals surface area contributed by atoms with Crippen LogP contribution in [0.1, 0.15) is 79.6 Å². The number of nitrogens with zero attached hydrogens (tertiary/aromatic N) is 1. The van der Waals surface area contributed by atoms with Crippen LogP contribution in [0.3, 0.4) is 0 Å². The number of aliphatic carboxylic acids is 1. The average Bonchev–Trinajstić information content (AvgIpc) is 3.19. The van der Waals surface area contributed by atoms with Crippen LogP contribution in [-0.4, -0.2) is 139 Å². The van der Waals surface area contributed by atoms with Crippen molar-refractivity contribution in [2.24, 2.45) is 45.5 Å². The fourth-order valence-corrected chi connectivity index (χ4v) is 5.25. The maximum absolute atomic E-state index is 13.6. The Morgan fingerprint density at radius 1 is 0.565 bits per heavy atom. The number of carbonyl (C=O) groups excluding carboxylic acids is 10. The summed E-state index contributed by atoms with van der Waals surface area (Å²) in [7, 11) is 0. The summed E-state index contributed by atoms with van der Waals surface area (Å²) in [5, 5.41) is 27.9. The molecule has 0 heterocycles. The maximum Gasteiger partial charge on any atom is 0.322 e. The van der Waals surface area contributed by atoms with Gasteiger partial charge in [-0.05, 0) is 44.4 Å². The number of amides is 10. The molecule has 0 rings (SSSR count). The smallest absolute Gasteiger partial charge is 0.322 e. The quantitative estimate of drug-likeness (QED) is 0.0181. The molecule has 350 valence electrons. The number of hydrogen-bond donors (Lipinski definition) is 14. The Hall–Kier alpha value is -6.60. The molecule has 26 heteroatoms. The van der Waals surface area contributed by atoms with Crippen LogP contribution in [0.2, 0.25) is 0 Å². The largest absolute Gasteiger partial charge is 0.480 e. The van der Waals surface area contributed by atoms with Crippen LogP contribution in [0, 0.1) is 11.8 Å². The number of nitrogens with two attached hydrogens (primary N) is 5. The number of carbonyl (C=O) groups is 11. The van der Waals surface area contributed by atoms with Crippen molar-refractivity contribution < 1.29 is 57.8 Å². The summed E-state index contributed by atoms with van der Waals surface area (Å²) in [5.41, 5.74) is 26.9. The van der Waals surface area contributed by atoms with Gasteiger partial charge in [0, 0.05) is 19.4 Å². The Bertz CT molecular complexity index is 1640. The minimum atomic E-state index is -1.41. The molecule has 0 fully saturated rings. The van der Waals surface area contributed by atoms with Crippen molar-refractivity contribution in [2.45, 2.75) is 116 Å². The lowest BCUT2D eigenvalue weighted by Gasteiger charge is -2.28. The van der Waals surface area contributed by atoms with Crippen molar-refractivity contribution in [3.05, 3.63) is 0 Å². The molecule has 7 atom stereocenters. The molecule has 0 aliphatic heterocycles. The highest BCUT2D eigenvalue weighted by Gasteiger charge is 2.33. The molecule has 0 aromatic heterocycles. The third-order valence-electron chi connectivity index (χ3n) is 9.02. The van der Waals surface area contributed by atoms with E-state index in [1.165, 1.54) is 6.92 Å². The Morgan fingerprint density at radius 3 is 1.61 bits per heavy atom. The maximum atomic E-state index is 13.6. The second-order valence-electron chi connectivity index (χ2n) is 14.7. The highest BCUT2D eigenvalue weighted by molar-refractivity contribution is 5.97. The van der Waals surface area contributed by atoms with Crippen molar-refractivity contribution in [1.29, 1.82) is 0 Å². The number of nitrogens with one attached hydrogen (secondary N) is 8. The van der Waals surface area contributed by atoms with Gasteiger partial charge in [-0.3, -0.25) is 57.7 Å². The third-order valence-corrected chi connectivity index (χ3v) is 9.02. The summed E-state index contributed by atoms with van der Waals surface area (Å²) in [4.78, 5) is 141. The standard InChI is InChI=1S/C36H64N14O12/c1-6-18(4)29(35(62)50-28(17(2)3)34(61)44-14-25(53)46-19(5)30(57)45-16-27(55)56)49-26(54)15-43-32(59)21(8-7-13-42-36(40)41)48-33(60)22(10-12-24(39)52)47-31(58)20(37)9-11-23(38)51/h17-22,28-29H,6-16,37H2,1-5H3,(H2,38,51)(H2,39,52)(H,43,59)(H,44,61)(H,45,57)(H,46,53)(H,47,58)(H,48,60)(H,49,54)(H,50,62)(H,55,56)(H4,40,41,42)/t18-,19-,20-,21-,22-,28-,29-/m0/s1. The van der Waals surface area contributed by atoms with Gasteiger partial charge < -0.3 is 76.3 Å². The van der Waals surface area contributed by atoms with Crippen LogP contribution in [0.25, 0.3) is 0 Å². The summed E-state index contributed by atoms with van der Waals surface area (Å²) in [5.74, 6) is -10.6. The lowest BCUT2D eigenvalue weighted by atomic mass is 9.96. The van der Waals surface area contributed by atoms with Crippen molar-refractivity contribution in [3.63, 3.8) is 0 Å². The number of carboxylic acid groups (broad SMARTS) is 1. The van der Waals surface area contributed by atoms with Gasteiger partial charge in [-0.2, -0.15) is 0 Å². The van der Waals surface area contributed by atoms with E-state index in [9.17, 15) is 52.7 Å². The van der Waals surface area contributed by atoms with Crippen molar-refractivity contribution in [2.75, 3.05) is 26.2 Å². The zero-order valence-electron chi connectivity index (χ0n) is 35.7. The SMILES string of the molecule is CC[C@H](C)[C@H](NC(=O)CNC(=O)[C@H](CCCN=C(N)N)NC(=O)[C@H](CCC(N)=O)NC(=O)[C@@H](N)CCC(N)=O)C(=O)N[C@H](C(=O)NCC(=O)N[C@@H](C)C(=O)NCC(=O)O)C(C)C. The molecular weight excluding hydrogens is 820 g/mol. The van der Waals surface area contributed by atoms with Crippen molar-refractivity contribution >= 4 is 71.0 Å². The normalized spacial score (nSPS) is 14.1. The molecule has 19 N–H and O–H groups in total. The molecule has 0 aromatic carbocycles. The van der Waals surface area contributed by atoms with Gasteiger partial charge >= 0.3 is 5.97 Å². The van der Waals surface area contributed by atoms with E-state index in [1.54, 1.807) is 27.7 Å². The van der Waals surface area contributed by atoms with Crippen LogP contribution >= 0.6 is 0 Å². The predicted octanol–water partition coefficient (Wildman–Crippen LogP) is -6.52. The van der Waals surface area contributed by atoms with Crippen LogP contribution in [0.5, 0.6) is 0 Å². The zero-order chi connectivity index (χ0) is 47.7. The monoisotopic (exact) mass is 884 g/mol. The van der Waals surface area contributed by atoms with E-state index in [-0.39, 0.29) is 51.0 Å². The van der Waals surface area contributed by atoms with E-state index in [0.717, 1.165) is 0 Å². The summed E-state index contributed by atoms with van der Waals surface area (Å²) in [6, 6.07) is -7.54. The fraction of sp³-hybridized carbons (Fsp3) is 0.667. The van der Waals surface area contributed by atoms with Crippen molar-refractivity contribution in [3.8, 4) is 0 Å². The van der Waals surface area contributed by atoms with E-state index in [0.29, 0.717) is 6.42 Å². The van der Waals surface area contributed by atoms with Gasteiger partial charge in [0.2, 0.25) is 59.1 Å². The first-order valence-corrected chi connectivity index (χ1v) is 19.8. The zero-order valence-corrected chi connectivity index (χ0v) is 35.7. The topological polar surface area (TPSA) is 447 Å². The summed E-state index contributed by atoms with van der Waals surface area (Å²) >= 11 is 0. The lowest BCUT2D eigenvalue weighted by Crippen LogP contribution is -2.59. The second-order valence-corrected chi connectivity index (χ2v) is 14.7. The molecular formula is C36H64N14O12. The van der Waals surface area contributed by atoms with Crippen LogP contribution in [0.15, 0.2) is 4.99 Å². The highest BCUT2D eigenvalue weighted by atomic mass is 16.4. The molecule has 26 nitrogen and oxygen atoms in total. The van der Waals surface area contributed by atoms with E-state index in [2.05, 4.69) is 47.5 Å². The minimum absolute atomic E-state index is 0.0431. The lowest BCUT2D eigenvalue weighted by molar-refractivity contribution is -0.138. The van der Waals surface area contributed by atoms with E-state index in [4.69, 9.17) is 33.8 Å². The fourth-order valence-electron chi connectivity index (χ4n) is 5.25. The number of primary amides is 2. The van der Waals surface area contributed by atoms with Gasteiger partial charge in [0.15, 0.2) is 5.96 Å². The molecule has 0 saturated carbocycles. The Kier molecular flexibility index (Phi) is 25.7. The Morgan fingerprint density at radius 2 is 1.08 bits per heavy atom. The minimum Gasteiger partial charge on any atom is -0.480 e. The molecule has 0 radical (unpaired) electrons. The number of rotatable bonds is 30. The average molecular weight is 885 g/mol. The van der Waals surface area contributed by atoms with Gasteiger partial charge in [-0.15, -0.1) is 0 Å². The van der Waals surface area contributed by atoms with Gasteiger partial charge in [0.1, 0.15) is 36.8 Å². The van der Waals surface area contributed by atoms with Gasteiger partial charge in [-0.25, -0.2) is 0 Å². The van der Waals surface area contributed by atoms with Crippen molar-refractivity contribution in [1.82, 2.24) is 42.5 Å². The van der Waals surface area contributed by atoms with Crippen LogP contribution < -0.4 is 71.2 Å². The second kappa shape index (κ2) is 28.8. The van der Waals surface area contributed by atoms with Crippen LogP contribution in [-0.2, 0) is 52.7 Å². The van der Waals surface area contributed by atoms with Gasteiger partial charge in [-0.1, -0.05) is 34.1 Å². The van der Waals surface area contributed by atoms with E-state index in [1.807, 2.05) is 0 Å². The first-order chi connectivity index (χ1) is 28.9. The number of carboxylic acids is 1. The molecule has 0 saturated heterocycles. The van der Waals surface area contributed by atoms with E-state index >= 15 is 0 Å². The first-order valence-electron chi connectivity index (χ1n) is 19.8. The summed E-state index contributed by atoms with van der Waals surface area (Å²) < 4.78 is 0. The number of guanidine groups is 1. The highest BCUT2D eigenvalue weighted by Crippen LogP contribution is 2.11. The Labute approximate surface area is 358 Å². The molecule has 0 unspecified atom stereocenters. The molecule has 0 aliphatic carbocycles. The predicted molar refractivity (Wildman–Crippen MR) is 221 cm³/mol. The van der Waals surface area contributed by atoms with Gasteiger partial charge in [0.25, 0.3) is 0 Å². The van der Waals surface area contributed by atoms with Crippen LogP contribution in [0.4, 0.5) is 0 Å². The third kappa shape index (κ3) is 23.3. The molecule has 10 amide bonds. The summed E-state index contributed by atoms with van der Waals surface area (Å²) in [6.07, 6.45) is -0.539. The molecule has 62 heavy (non-hydrogen) atoms. The number of aliphatic imine (C=N–C) groups is 1. The van der Waals surface area contributed by atoms with Gasteiger partial charge in [0.05, 0.1) is 19.1 Å². The molecule has 0 aliphatic rings. The number of hydrogen-bond acceptors (Lipinski definition) is 13. The summed E-state index contributed by atoms with van der Waals surface area (Å²) in [6.45, 7) is 6.05. The first kappa shape index (κ1) is 55.4. The molecule has 0 bridgehead atoms. The van der Waals surface area contributed by atoms with E-state index < -0.39 is 133 Å². The molecule has 0 spiro atoms.